The molecule has 0 aliphatic heterocycles. The number of ether oxygens (including phenoxy) is 1. The molecule has 0 saturated heterocycles. The van der Waals surface area contributed by atoms with Gasteiger partial charge in [0.25, 0.3) is 0 Å². The Morgan fingerprint density at radius 3 is 2.72 bits per heavy atom. The van der Waals surface area contributed by atoms with Crippen molar-refractivity contribution in [2.24, 2.45) is 17.8 Å². The Morgan fingerprint density at radius 1 is 1.19 bits per heavy atom. The number of H-pyrrole nitrogens is 1. The van der Waals surface area contributed by atoms with Gasteiger partial charge in [0.1, 0.15) is 17.2 Å². The molecular weight excluding hydrogens is 453 g/mol. The highest BCUT2D eigenvalue weighted by atomic mass is 19.1. The number of nitrogens with one attached hydrogen (secondary N) is 1. The summed E-state index contributed by atoms with van der Waals surface area (Å²) in [5, 5.41) is 0. The predicted octanol–water partition coefficient (Wildman–Crippen LogP) is 5.72. The van der Waals surface area contributed by atoms with Gasteiger partial charge in [-0.15, -0.1) is 0 Å². The highest BCUT2D eigenvalue weighted by Crippen LogP contribution is 2.44. The van der Waals surface area contributed by atoms with E-state index in [9.17, 15) is 9.18 Å². The zero-order valence-electron chi connectivity index (χ0n) is 21.7. The number of hydrogen-bond acceptors (Lipinski definition) is 4. The van der Waals surface area contributed by atoms with Crippen LogP contribution >= 0.6 is 0 Å². The largest absolute Gasteiger partial charge is 0.458 e. The monoisotopic (exact) mass is 491 g/mol. The molecule has 1 saturated carbocycles. The van der Waals surface area contributed by atoms with Crippen LogP contribution in [0.15, 0.2) is 42.5 Å². The van der Waals surface area contributed by atoms with Crippen LogP contribution in [-0.2, 0) is 28.8 Å². The molecule has 192 valence electrons. The molecule has 2 aromatic carbocycles. The number of nitrogens with zero attached hydrogens (tertiary/aromatic N) is 2. The first-order chi connectivity index (χ1) is 17.3. The second-order valence-electron chi connectivity index (χ2n) is 11.3. The molecule has 36 heavy (non-hydrogen) atoms. The summed E-state index contributed by atoms with van der Waals surface area (Å²) in [6.07, 6.45) is 6.28. The van der Waals surface area contributed by atoms with E-state index in [0.717, 1.165) is 74.9 Å². The van der Waals surface area contributed by atoms with Crippen LogP contribution in [0.1, 0.15) is 56.5 Å². The summed E-state index contributed by atoms with van der Waals surface area (Å²) in [7, 11) is 2.14. The minimum absolute atomic E-state index is 0.00371. The maximum absolute atomic E-state index is 13.5. The lowest BCUT2D eigenvalue weighted by molar-refractivity contribution is -0.173. The number of rotatable bonds is 10. The predicted molar refractivity (Wildman–Crippen MR) is 140 cm³/mol. The van der Waals surface area contributed by atoms with Crippen LogP contribution in [0.3, 0.4) is 0 Å². The molecule has 3 aromatic rings. The molecular formula is C30H38FN3O2. The van der Waals surface area contributed by atoms with Gasteiger partial charge in [-0.05, 0) is 74.5 Å². The quantitative estimate of drug-likeness (QED) is 0.369. The van der Waals surface area contributed by atoms with Crippen molar-refractivity contribution in [2.75, 3.05) is 20.1 Å². The Kier molecular flexibility index (Phi) is 7.16. The van der Waals surface area contributed by atoms with Gasteiger partial charge in [-0.25, -0.2) is 9.37 Å². The third-order valence-corrected chi connectivity index (χ3v) is 8.11. The molecule has 1 N–H and O–H groups in total. The van der Waals surface area contributed by atoms with Crippen molar-refractivity contribution in [1.82, 2.24) is 14.9 Å². The Morgan fingerprint density at radius 2 is 1.97 bits per heavy atom. The summed E-state index contributed by atoms with van der Waals surface area (Å²) in [6.45, 7) is 6.32. The lowest BCUT2D eigenvalue weighted by Gasteiger charge is -2.47. The number of carbonyl (C=O) groups excluding carboxylic acids is 1. The SMILES string of the molecule is CC(C)[C@@H]1Cc2ccccc2C[C@]1(CCN(C)CCCc1nc2ccc(F)cc2[nH]1)OC(=O)C1CC1. The van der Waals surface area contributed by atoms with Crippen molar-refractivity contribution in [3.8, 4) is 0 Å². The molecule has 0 radical (unpaired) electrons. The molecule has 0 spiro atoms. The number of carbonyl (C=O) groups is 1. The van der Waals surface area contributed by atoms with E-state index < -0.39 is 5.60 Å². The first kappa shape index (κ1) is 24.9. The van der Waals surface area contributed by atoms with E-state index in [2.05, 4.69) is 60.0 Å². The van der Waals surface area contributed by atoms with Crippen LogP contribution in [-0.4, -0.2) is 46.6 Å². The van der Waals surface area contributed by atoms with Crippen LogP contribution in [0.2, 0.25) is 0 Å². The number of hydrogen-bond donors (Lipinski definition) is 1. The van der Waals surface area contributed by atoms with Crippen LogP contribution < -0.4 is 0 Å². The van der Waals surface area contributed by atoms with E-state index >= 15 is 0 Å². The summed E-state index contributed by atoms with van der Waals surface area (Å²) >= 11 is 0. The van der Waals surface area contributed by atoms with Crippen molar-refractivity contribution < 1.29 is 13.9 Å². The summed E-state index contributed by atoms with van der Waals surface area (Å²) in [6, 6.07) is 13.3. The van der Waals surface area contributed by atoms with E-state index in [1.165, 1.54) is 23.3 Å². The fourth-order valence-electron chi connectivity index (χ4n) is 5.85. The van der Waals surface area contributed by atoms with E-state index in [1.807, 2.05) is 0 Å². The minimum Gasteiger partial charge on any atom is -0.458 e. The van der Waals surface area contributed by atoms with Crippen molar-refractivity contribution in [3.63, 3.8) is 0 Å². The summed E-state index contributed by atoms with van der Waals surface area (Å²) in [4.78, 5) is 23.1. The smallest absolute Gasteiger partial charge is 0.309 e. The van der Waals surface area contributed by atoms with Gasteiger partial charge in [-0.3, -0.25) is 4.79 Å². The first-order valence-electron chi connectivity index (χ1n) is 13.5. The average Bonchev–Trinajstić information content (AvgIpc) is 3.63. The van der Waals surface area contributed by atoms with Gasteiger partial charge in [-0.2, -0.15) is 0 Å². The number of aromatic nitrogens is 2. The van der Waals surface area contributed by atoms with Gasteiger partial charge in [0.2, 0.25) is 0 Å². The maximum atomic E-state index is 13.5. The molecule has 5 rings (SSSR count). The van der Waals surface area contributed by atoms with Crippen molar-refractivity contribution in [1.29, 1.82) is 0 Å². The van der Waals surface area contributed by atoms with Crippen LogP contribution in [0, 0.1) is 23.6 Å². The highest BCUT2D eigenvalue weighted by Gasteiger charge is 2.48. The number of imidazole rings is 1. The molecule has 2 aliphatic carbocycles. The number of aromatic amines is 1. The van der Waals surface area contributed by atoms with E-state index in [4.69, 9.17) is 4.74 Å². The average molecular weight is 492 g/mol. The number of fused-ring (bicyclic) bond motifs is 2. The zero-order valence-corrected chi connectivity index (χ0v) is 21.7. The number of esters is 1. The molecule has 0 amide bonds. The molecule has 5 nitrogen and oxygen atoms in total. The lowest BCUT2D eigenvalue weighted by Crippen LogP contribution is -2.52. The lowest BCUT2D eigenvalue weighted by atomic mass is 9.66. The van der Waals surface area contributed by atoms with E-state index in [1.54, 1.807) is 6.07 Å². The molecule has 0 bridgehead atoms. The Balaban J connectivity index is 1.24. The standard InChI is InChI=1S/C30H38FN3O2/c1-20(2)25-17-22-7-4-5-8-23(22)19-30(25,36-29(35)21-10-11-21)14-16-34(3)15-6-9-28-32-26-13-12-24(31)18-27(26)33-28/h4-5,7-8,12-13,18,20-21,25H,6,9-11,14-17,19H2,1-3H3,(H,32,33)/t25-,30-/m0/s1. The van der Waals surface area contributed by atoms with Gasteiger partial charge in [-0.1, -0.05) is 38.1 Å². The second-order valence-corrected chi connectivity index (χ2v) is 11.3. The van der Waals surface area contributed by atoms with Crippen molar-refractivity contribution in [3.05, 3.63) is 65.2 Å². The van der Waals surface area contributed by atoms with Crippen molar-refractivity contribution >= 4 is 17.0 Å². The first-order valence-corrected chi connectivity index (χ1v) is 13.5. The minimum atomic E-state index is -0.459. The van der Waals surface area contributed by atoms with Crippen LogP contribution in [0.25, 0.3) is 11.0 Å². The normalized spacial score (nSPS) is 21.8. The summed E-state index contributed by atoms with van der Waals surface area (Å²) < 4.78 is 20.0. The van der Waals surface area contributed by atoms with Crippen LogP contribution in [0.5, 0.6) is 0 Å². The molecule has 1 aromatic heterocycles. The zero-order chi connectivity index (χ0) is 25.3. The number of aryl methyl sites for hydroxylation is 1. The Labute approximate surface area is 213 Å². The van der Waals surface area contributed by atoms with Gasteiger partial charge < -0.3 is 14.6 Å². The van der Waals surface area contributed by atoms with Gasteiger partial charge in [0.15, 0.2) is 0 Å². The Bertz CT molecular complexity index is 1220. The second kappa shape index (κ2) is 10.3. The molecule has 0 unspecified atom stereocenters. The third kappa shape index (κ3) is 5.49. The fourth-order valence-corrected chi connectivity index (χ4v) is 5.85. The fraction of sp³-hybridized carbons (Fsp3) is 0.533. The molecule has 6 heteroatoms. The number of halogens is 1. The maximum Gasteiger partial charge on any atom is 0.309 e. The van der Waals surface area contributed by atoms with Gasteiger partial charge in [0, 0.05) is 31.7 Å². The third-order valence-electron chi connectivity index (χ3n) is 8.11. The van der Waals surface area contributed by atoms with Gasteiger partial charge >= 0.3 is 5.97 Å². The molecule has 1 heterocycles. The van der Waals surface area contributed by atoms with Gasteiger partial charge in [0.05, 0.1) is 17.0 Å². The number of benzene rings is 2. The molecule has 2 aliphatic rings. The molecule has 1 fully saturated rings. The highest BCUT2D eigenvalue weighted by molar-refractivity contribution is 5.75. The topological polar surface area (TPSA) is 58.2 Å². The van der Waals surface area contributed by atoms with Crippen molar-refractivity contribution in [2.45, 2.75) is 64.4 Å². The van der Waals surface area contributed by atoms with Crippen LogP contribution in [0.4, 0.5) is 4.39 Å². The molecule has 2 atom stereocenters. The Hall–Kier alpha value is -2.73. The van der Waals surface area contributed by atoms with E-state index in [-0.39, 0.29) is 17.7 Å². The summed E-state index contributed by atoms with van der Waals surface area (Å²) in [5.41, 5.74) is 3.81. The van der Waals surface area contributed by atoms with E-state index in [0.29, 0.717) is 11.8 Å². The summed E-state index contributed by atoms with van der Waals surface area (Å²) in [5.74, 6) is 1.47.